The maximum Gasteiger partial charge on any atom is 0.315 e. The highest BCUT2D eigenvalue weighted by molar-refractivity contribution is 6.90. The Kier molecular flexibility index (Phi) is 8.27. The summed E-state index contributed by atoms with van der Waals surface area (Å²) in [5.41, 5.74) is 1.56. The Morgan fingerprint density at radius 1 is 0.724 bits per heavy atom. The summed E-state index contributed by atoms with van der Waals surface area (Å²) in [6.45, 7) is 9.24. The number of hydrogen-bond donors (Lipinski definition) is 2. The van der Waals surface area contributed by atoms with E-state index in [1.807, 2.05) is 87.6 Å². The van der Waals surface area contributed by atoms with Gasteiger partial charge >= 0.3 is 12.1 Å². The number of para-hydroxylation sites is 2. The number of amides is 4. The standard InChI is InChI=1S/C22H32N4O2Si/c1-5-17-23-21(27)25(19-13-9-7-10-14-19)29(3,4)26(22(28)24-18-6-2)20-15-11-8-12-16-20/h7-16H,5-6,17-18H2,1-4H3,(H,23,27)(H,24,28). The molecule has 2 rings (SSSR count). The maximum absolute atomic E-state index is 13.2. The summed E-state index contributed by atoms with van der Waals surface area (Å²) >= 11 is 0. The molecule has 0 aliphatic heterocycles. The summed E-state index contributed by atoms with van der Waals surface area (Å²) in [7, 11) is -2.83. The molecule has 0 aromatic heterocycles. The molecule has 0 spiro atoms. The van der Waals surface area contributed by atoms with Gasteiger partial charge in [0.2, 0.25) is 0 Å². The molecule has 2 aromatic rings. The molecule has 0 fully saturated rings. The van der Waals surface area contributed by atoms with E-state index in [4.69, 9.17) is 0 Å². The van der Waals surface area contributed by atoms with Crippen LogP contribution < -0.4 is 19.8 Å². The molecule has 2 N–H and O–H groups in total. The van der Waals surface area contributed by atoms with E-state index in [1.165, 1.54) is 0 Å². The number of nitrogens with one attached hydrogen (secondary N) is 2. The lowest BCUT2D eigenvalue weighted by Crippen LogP contribution is -2.69. The van der Waals surface area contributed by atoms with Crippen molar-refractivity contribution >= 4 is 31.8 Å². The van der Waals surface area contributed by atoms with E-state index >= 15 is 0 Å². The molecule has 0 radical (unpaired) electrons. The fourth-order valence-electron chi connectivity index (χ4n) is 3.24. The fraction of sp³-hybridized carbons (Fsp3) is 0.364. The number of rotatable bonds is 8. The van der Waals surface area contributed by atoms with Crippen molar-refractivity contribution in [3.63, 3.8) is 0 Å². The van der Waals surface area contributed by atoms with Gasteiger partial charge in [-0.3, -0.25) is 0 Å². The van der Waals surface area contributed by atoms with Crippen LogP contribution in [0.3, 0.4) is 0 Å². The lowest BCUT2D eigenvalue weighted by atomic mass is 10.3. The first-order valence-electron chi connectivity index (χ1n) is 10.2. The average Bonchev–Trinajstić information content (AvgIpc) is 2.72. The third-order valence-electron chi connectivity index (χ3n) is 4.58. The van der Waals surface area contributed by atoms with Crippen molar-refractivity contribution in [2.45, 2.75) is 39.8 Å². The molecule has 29 heavy (non-hydrogen) atoms. The number of nitrogens with zero attached hydrogens (tertiary/aromatic N) is 2. The minimum Gasteiger partial charge on any atom is -0.338 e. The largest absolute Gasteiger partial charge is 0.338 e. The van der Waals surface area contributed by atoms with E-state index in [0.29, 0.717) is 13.1 Å². The van der Waals surface area contributed by atoms with Crippen LogP contribution in [0.25, 0.3) is 0 Å². The molecule has 0 atom stereocenters. The van der Waals surface area contributed by atoms with E-state index in [9.17, 15) is 9.59 Å². The highest BCUT2D eigenvalue weighted by Gasteiger charge is 2.44. The van der Waals surface area contributed by atoms with Crippen LogP contribution in [0.4, 0.5) is 21.0 Å². The predicted octanol–water partition coefficient (Wildman–Crippen LogP) is 4.94. The SMILES string of the molecule is CCCNC(=O)N(c1ccccc1)[Si](C)(C)N(C(=O)NCCC)c1ccccc1. The van der Waals surface area contributed by atoms with Crippen LogP contribution in [0.2, 0.25) is 13.1 Å². The molecule has 4 amide bonds. The Hall–Kier alpha value is -2.80. The van der Waals surface area contributed by atoms with Gasteiger partial charge in [-0.25, -0.2) is 9.59 Å². The Morgan fingerprint density at radius 2 is 1.07 bits per heavy atom. The minimum absolute atomic E-state index is 0.182. The molecule has 0 aliphatic carbocycles. The average molecular weight is 413 g/mol. The van der Waals surface area contributed by atoms with E-state index in [0.717, 1.165) is 24.2 Å². The van der Waals surface area contributed by atoms with E-state index in [2.05, 4.69) is 10.6 Å². The number of carbonyl (C=O) groups is 2. The highest BCUT2D eigenvalue weighted by Crippen LogP contribution is 2.29. The van der Waals surface area contributed by atoms with E-state index < -0.39 is 8.40 Å². The quantitative estimate of drug-likeness (QED) is 0.603. The molecule has 0 bridgehead atoms. The van der Waals surface area contributed by atoms with Gasteiger partial charge in [-0.15, -0.1) is 0 Å². The lowest BCUT2D eigenvalue weighted by molar-refractivity contribution is 0.248. The molecule has 2 aromatic carbocycles. The van der Waals surface area contributed by atoms with Crippen LogP contribution in [-0.2, 0) is 0 Å². The second-order valence-electron chi connectivity index (χ2n) is 7.30. The maximum atomic E-state index is 13.2. The number of anilines is 2. The molecule has 0 unspecified atom stereocenters. The summed E-state index contributed by atoms with van der Waals surface area (Å²) in [5, 5.41) is 5.98. The molecule has 0 heterocycles. The van der Waals surface area contributed by atoms with Crippen LogP contribution in [0, 0.1) is 0 Å². The monoisotopic (exact) mass is 412 g/mol. The number of benzene rings is 2. The molecule has 0 aliphatic rings. The summed E-state index contributed by atoms with van der Waals surface area (Å²) in [5.74, 6) is 0. The van der Waals surface area contributed by atoms with Crippen molar-refractivity contribution in [3.8, 4) is 0 Å². The Labute approximate surface area is 175 Å². The predicted molar refractivity (Wildman–Crippen MR) is 123 cm³/mol. The van der Waals surface area contributed by atoms with Gasteiger partial charge < -0.3 is 19.8 Å². The third-order valence-corrected chi connectivity index (χ3v) is 7.69. The zero-order valence-corrected chi connectivity index (χ0v) is 18.8. The Balaban J connectivity index is 2.53. The molecule has 7 heteroatoms. The summed E-state index contributed by atoms with van der Waals surface area (Å²) < 4.78 is 3.56. The summed E-state index contributed by atoms with van der Waals surface area (Å²) in [4.78, 5) is 26.4. The smallest absolute Gasteiger partial charge is 0.315 e. The number of carbonyl (C=O) groups excluding carboxylic acids is 2. The number of urea groups is 2. The normalized spacial score (nSPS) is 10.9. The van der Waals surface area contributed by atoms with Gasteiger partial charge in [-0.05, 0) is 50.2 Å². The van der Waals surface area contributed by atoms with Gasteiger partial charge in [-0.1, -0.05) is 50.2 Å². The van der Waals surface area contributed by atoms with Gasteiger partial charge in [0.15, 0.2) is 0 Å². The van der Waals surface area contributed by atoms with Crippen molar-refractivity contribution in [3.05, 3.63) is 60.7 Å². The first-order valence-corrected chi connectivity index (χ1v) is 13.1. The van der Waals surface area contributed by atoms with Crippen LogP contribution in [-0.4, -0.2) is 33.5 Å². The first kappa shape index (κ1) is 22.5. The number of hydrogen-bond acceptors (Lipinski definition) is 2. The minimum atomic E-state index is -2.83. The topological polar surface area (TPSA) is 64.7 Å². The first-order chi connectivity index (χ1) is 13.9. The van der Waals surface area contributed by atoms with Gasteiger partial charge in [0.05, 0.1) is 0 Å². The molecule has 0 saturated carbocycles. The Bertz CT molecular complexity index is 718. The van der Waals surface area contributed by atoms with Crippen molar-refractivity contribution in [1.29, 1.82) is 0 Å². The van der Waals surface area contributed by atoms with Crippen molar-refractivity contribution in [1.82, 2.24) is 10.6 Å². The van der Waals surface area contributed by atoms with Gasteiger partial charge in [0.25, 0.3) is 8.40 Å². The summed E-state index contributed by atoms with van der Waals surface area (Å²) in [6, 6.07) is 18.7. The van der Waals surface area contributed by atoms with Gasteiger partial charge in [0, 0.05) is 24.5 Å². The molecule has 156 valence electrons. The molecule has 6 nitrogen and oxygen atoms in total. The highest BCUT2D eigenvalue weighted by atomic mass is 28.3. The fourth-order valence-corrected chi connectivity index (χ4v) is 6.15. The molecule has 0 saturated heterocycles. The zero-order chi connectivity index (χ0) is 21.3. The third kappa shape index (κ3) is 5.60. The molecular formula is C22H32N4O2Si. The Morgan fingerprint density at radius 3 is 1.38 bits per heavy atom. The zero-order valence-electron chi connectivity index (χ0n) is 17.8. The second kappa shape index (κ2) is 10.7. The van der Waals surface area contributed by atoms with Crippen molar-refractivity contribution < 1.29 is 9.59 Å². The lowest BCUT2D eigenvalue weighted by Gasteiger charge is -2.44. The van der Waals surface area contributed by atoms with Crippen LogP contribution in [0.1, 0.15) is 26.7 Å². The van der Waals surface area contributed by atoms with Crippen LogP contribution in [0.15, 0.2) is 60.7 Å². The van der Waals surface area contributed by atoms with Gasteiger partial charge in [0.1, 0.15) is 0 Å². The van der Waals surface area contributed by atoms with Crippen molar-refractivity contribution in [2.75, 3.05) is 22.2 Å². The van der Waals surface area contributed by atoms with E-state index in [1.54, 1.807) is 9.13 Å². The second-order valence-corrected chi connectivity index (χ2v) is 11.2. The van der Waals surface area contributed by atoms with Crippen LogP contribution >= 0.6 is 0 Å². The summed E-state index contributed by atoms with van der Waals surface area (Å²) in [6.07, 6.45) is 1.69. The van der Waals surface area contributed by atoms with Gasteiger partial charge in [-0.2, -0.15) is 0 Å². The van der Waals surface area contributed by atoms with E-state index in [-0.39, 0.29) is 12.1 Å². The van der Waals surface area contributed by atoms with Crippen LogP contribution in [0.5, 0.6) is 0 Å². The van der Waals surface area contributed by atoms with Crippen molar-refractivity contribution in [2.24, 2.45) is 0 Å². The molecular weight excluding hydrogens is 380 g/mol.